The van der Waals surface area contributed by atoms with Gasteiger partial charge in [0.15, 0.2) is 0 Å². The number of hydrogen-bond donors (Lipinski definition) is 1. The van der Waals surface area contributed by atoms with E-state index in [0.717, 1.165) is 25.3 Å². The second-order valence-corrected chi connectivity index (χ2v) is 6.46. The highest BCUT2D eigenvalue weighted by Crippen LogP contribution is 2.36. The van der Waals surface area contributed by atoms with E-state index in [0.29, 0.717) is 6.42 Å². The molecule has 0 bridgehead atoms. The quantitative estimate of drug-likeness (QED) is 0.843. The van der Waals surface area contributed by atoms with Crippen molar-refractivity contribution in [2.24, 2.45) is 0 Å². The molecular weight excluding hydrogens is 234 g/mol. The van der Waals surface area contributed by atoms with Gasteiger partial charge in [-0.2, -0.15) is 11.8 Å². The predicted octanol–water partition coefficient (Wildman–Crippen LogP) is 2.60. The van der Waals surface area contributed by atoms with Crippen molar-refractivity contribution in [3.8, 4) is 0 Å². The van der Waals surface area contributed by atoms with Crippen LogP contribution in [-0.2, 0) is 4.79 Å². The second kappa shape index (κ2) is 6.10. The summed E-state index contributed by atoms with van der Waals surface area (Å²) in [5, 5.41) is 9.20. The number of rotatable bonds is 3. The van der Waals surface area contributed by atoms with Crippen molar-refractivity contribution >= 4 is 17.7 Å². The van der Waals surface area contributed by atoms with Crippen LogP contribution in [-0.4, -0.2) is 46.1 Å². The Balaban J connectivity index is 2.09. The minimum Gasteiger partial charge on any atom is -0.481 e. The lowest BCUT2D eigenvalue weighted by molar-refractivity contribution is -0.140. The van der Waals surface area contributed by atoms with Crippen LogP contribution < -0.4 is 0 Å². The van der Waals surface area contributed by atoms with Crippen LogP contribution in [0.2, 0.25) is 0 Å². The number of thioether (sulfide) groups is 1. The van der Waals surface area contributed by atoms with Crippen LogP contribution in [0.1, 0.15) is 44.9 Å². The molecule has 0 aliphatic carbocycles. The fraction of sp³-hybridized carbons (Fsp3) is 0.923. The molecule has 0 amide bonds. The second-order valence-electron chi connectivity index (χ2n) is 5.35. The first-order chi connectivity index (χ1) is 8.23. The minimum absolute atomic E-state index is 0.0426. The first kappa shape index (κ1) is 13.2. The van der Waals surface area contributed by atoms with E-state index in [2.05, 4.69) is 4.90 Å². The summed E-state index contributed by atoms with van der Waals surface area (Å²) in [6, 6.07) is 0. The Morgan fingerprint density at radius 3 is 2.41 bits per heavy atom. The SMILES string of the molecule is O=C(O)CC1(N2CCCCCC2)CCCSC1. The lowest BCUT2D eigenvalue weighted by atomic mass is 9.89. The molecule has 2 rings (SSSR count). The molecule has 0 saturated carbocycles. The molecule has 0 aromatic heterocycles. The Labute approximate surface area is 108 Å². The van der Waals surface area contributed by atoms with Gasteiger partial charge in [0.2, 0.25) is 0 Å². The third-order valence-corrected chi connectivity index (χ3v) is 5.38. The number of nitrogens with zero attached hydrogens (tertiary/aromatic N) is 1. The summed E-state index contributed by atoms with van der Waals surface area (Å²) in [6.45, 7) is 2.21. The zero-order chi connectivity index (χ0) is 12.1. The molecule has 0 aromatic carbocycles. The molecule has 0 spiro atoms. The number of carboxylic acids is 1. The normalized spacial score (nSPS) is 32.0. The third kappa shape index (κ3) is 3.38. The van der Waals surface area contributed by atoms with Gasteiger partial charge in [-0.05, 0) is 44.5 Å². The van der Waals surface area contributed by atoms with Crippen molar-refractivity contribution in [2.75, 3.05) is 24.6 Å². The molecule has 0 radical (unpaired) electrons. The van der Waals surface area contributed by atoms with Crippen molar-refractivity contribution in [3.63, 3.8) is 0 Å². The van der Waals surface area contributed by atoms with Crippen molar-refractivity contribution in [3.05, 3.63) is 0 Å². The monoisotopic (exact) mass is 257 g/mol. The minimum atomic E-state index is -0.628. The van der Waals surface area contributed by atoms with Gasteiger partial charge in [0.25, 0.3) is 0 Å². The molecule has 0 aromatic rings. The summed E-state index contributed by atoms with van der Waals surface area (Å²) < 4.78 is 0. The van der Waals surface area contributed by atoms with Gasteiger partial charge >= 0.3 is 5.97 Å². The lowest BCUT2D eigenvalue weighted by Crippen LogP contribution is -2.54. The molecular formula is C13H23NO2S. The summed E-state index contributed by atoms with van der Waals surface area (Å²) in [7, 11) is 0. The third-order valence-electron chi connectivity index (χ3n) is 4.06. The van der Waals surface area contributed by atoms with E-state index >= 15 is 0 Å². The first-order valence-electron chi connectivity index (χ1n) is 6.78. The van der Waals surface area contributed by atoms with Gasteiger partial charge in [0.1, 0.15) is 0 Å². The van der Waals surface area contributed by atoms with Crippen LogP contribution in [0, 0.1) is 0 Å². The number of aliphatic carboxylic acids is 1. The molecule has 17 heavy (non-hydrogen) atoms. The van der Waals surface area contributed by atoms with Gasteiger partial charge in [0, 0.05) is 11.3 Å². The van der Waals surface area contributed by atoms with Crippen LogP contribution in [0.5, 0.6) is 0 Å². The van der Waals surface area contributed by atoms with Crippen LogP contribution in [0.25, 0.3) is 0 Å². The van der Waals surface area contributed by atoms with E-state index in [4.69, 9.17) is 0 Å². The van der Waals surface area contributed by atoms with Gasteiger partial charge in [0.05, 0.1) is 6.42 Å². The highest BCUT2D eigenvalue weighted by atomic mass is 32.2. The van der Waals surface area contributed by atoms with E-state index in [9.17, 15) is 9.90 Å². The van der Waals surface area contributed by atoms with Gasteiger partial charge in [-0.1, -0.05) is 12.8 Å². The summed E-state index contributed by atoms with van der Waals surface area (Å²) in [5.41, 5.74) is -0.0426. The molecule has 1 unspecified atom stereocenters. The van der Waals surface area contributed by atoms with Crippen LogP contribution in [0.3, 0.4) is 0 Å². The molecule has 3 nitrogen and oxygen atoms in total. The van der Waals surface area contributed by atoms with Crippen molar-refractivity contribution < 1.29 is 9.90 Å². The Hall–Kier alpha value is -0.220. The molecule has 2 aliphatic rings. The summed E-state index contributed by atoms with van der Waals surface area (Å²) in [4.78, 5) is 13.7. The fourth-order valence-electron chi connectivity index (χ4n) is 3.16. The summed E-state index contributed by atoms with van der Waals surface area (Å²) >= 11 is 1.94. The van der Waals surface area contributed by atoms with Crippen LogP contribution in [0.15, 0.2) is 0 Å². The number of carboxylic acid groups (broad SMARTS) is 1. The number of carbonyl (C=O) groups is 1. The zero-order valence-corrected chi connectivity index (χ0v) is 11.3. The maximum Gasteiger partial charge on any atom is 0.305 e. The van der Waals surface area contributed by atoms with Crippen LogP contribution in [0.4, 0.5) is 0 Å². The average molecular weight is 257 g/mol. The molecule has 2 aliphatic heterocycles. The Morgan fingerprint density at radius 1 is 1.18 bits per heavy atom. The zero-order valence-electron chi connectivity index (χ0n) is 10.5. The maximum atomic E-state index is 11.2. The largest absolute Gasteiger partial charge is 0.481 e. The highest BCUT2D eigenvalue weighted by Gasteiger charge is 2.40. The molecule has 2 fully saturated rings. The first-order valence-corrected chi connectivity index (χ1v) is 7.93. The van der Waals surface area contributed by atoms with Gasteiger partial charge in [-0.3, -0.25) is 9.69 Å². The fourth-order valence-corrected chi connectivity index (χ4v) is 4.47. The van der Waals surface area contributed by atoms with Gasteiger partial charge in [-0.25, -0.2) is 0 Å². The van der Waals surface area contributed by atoms with E-state index in [-0.39, 0.29) is 5.54 Å². The van der Waals surface area contributed by atoms with E-state index < -0.39 is 5.97 Å². The standard InChI is InChI=1S/C13H23NO2S/c15-12(16)10-13(6-5-9-17-11-13)14-7-3-1-2-4-8-14/h1-11H2,(H,15,16). The van der Waals surface area contributed by atoms with E-state index in [1.54, 1.807) is 0 Å². The predicted molar refractivity (Wildman–Crippen MR) is 71.6 cm³/mol. The maximum absolute atomic E-state index is 11.2. The molecule has 98 valence electrons. The van der Waals surface area contributed by atoms with E-state index in [1.807, 2.05) is 11.8 Å². The van der Waals surface area contributed by atoms with Crippen molar-refractivity contribution in [2.45, 2.75) is 50.5 Å². The lowest BCUT2D eigenvalue weighted by Gasteiger charge is -2.45. The highest BCUT2D eigenvalue weighted by molar-refractivity contribution is 7.99. The van der Waals surface area contributed by atoms with E-state index in [1.165, 1.54) is 37.9 Å². The summed E-state index contributed by atoms with van der Waals surface area (Å²) in [6.07, 6.45) is 7.69. The smallest absolute Gasteiger partial charge is 0.305 e. The molecule has 1 atom stereocenters. The Morgan fingerprint density at radius 2 is 1.88 bits per heavy atom. The molecule has 1 N–H and O–H groups in total. The summed E-state index contributed by atoms with van der Waals surface area (Å²) in [5.74, 6) is 1.59. The molecule has 2 heterocycles. The van der Waals surface area contributed by atoms with Crippen molar-refractivity contribution in [1.82, 2.24) is 4.90 Å². The van der Waals surface area contributed by atoms with Crippen molar-refractivity contribution in [1.29, 1.82) is 0 Å². The van der Waals surface area contributed by atoms with Gasteiger partial charge in [-0.15, -0.1) is 0 Å². The molecule has 4 heteroatoms. The Bertz CT molecular complexity index is 256. The topological polar surface area (TPSA) is 40.5 Å². The molecule has 2 saturated heterocycles. The van der Waals surface area contributed by atoms with Crippen LogP contribution >= 0.6 is 11.8 Å². The Kier molecular flexibility index (Phi) is 4.74. The van der Waals surface area contributed by atoms with Gasteiger partial charge < -0.3 is 5.11 Å². The average Bonchev–Trinajstić information content (AvgIpc) is 2.58. The number of hydrogen-bond acceptors (Lipinski definition) is 3. The number of likely N-dealkylation sites (tertiary alicyclic amines) is 1.